The fourth-order valence-corrected chi connectivity index (χ4v) is 2.02. The lowest BCUT2D eigenvalue weighted by Gasteiger charge is -2.13. The minimum absolute atomic E-state index is 0.129. The van der Waals surface area contributed by atoms with Gasteiger partial charge in [-0.3, -0.25) is 10.1 Å². The molecule has 2 aromatic carbocycles. The van der Waals surface area contributed by atoms with Gasteiger partial charge in [-0.15, -0.1) is 0 Å². The summed E-state index contributed by atoms with van der Waals surface area (Å²) in [6, 6.07) is 12.8. The van der Waals surface area contributed by atoms with Crippen LogP contribution in [0.2, 0.25) is 0 Å². The monoisotopic (exact) mass is 318 g/mol. The van der Waals surface area contributed by atoms with Gasteiger partial charge in [0.2, 0.25) is 5.91 Å². The Kier molecular flexibility index (Phi) is 6.08. The van der Waals surface area contributed by atoms with E-state index < -0.39 is 11.9 Å². The van der Waals surface area contributed by atoms with Crippen molar-refractivity contribution in [2.45, 2.75) is 19.2 Å². The Morgan fingerprint density at radius 2 is 2.04 bits per heavy atom. The summed E-state index contributed by atoms with van der Waals surface area (Å²) in [7, 11) is 0. The van der Waals surface area contributed by atoms with Crippen molar-refractivity contribution in [3.63, 3.8) is 0 Å². The second kappa shape index (κ2) is 8.26. The highest BCUT2D eigenvalue weighted by molar-refractivity contribution is 5.79. The minimum Gasteiger partial charge on any atom is -0.489 e. The van der Waals surface area contributed by atoms with E-state index in [-0.39, 0.29) is 19.0 Å². The molecule has 0 fully saturated rings. The molecule has 1 amide bonds. The van der Waals surface area contributed by atoms with Crippen LogP contribution in [0, 0.1) is 5.82 Å². The Labute approximate surface area is 133 Å². The van der Waals surface area contributed by atoms with Gasteiger partial charge in [-0.05, 0) is 23.8 Å². The smallest absolute Gasteiger partial charge is 0.236 e. The largest absolute Gasteiger partial charge is 0.489 e. The molecule has 0 bridgehead atoms. The van der Waals surface area contributed by atoms with Crippen LogP contribution in [0.5, 0.6) is 5.75 Å². The number of ether oxygens (including phenoxy) is 1. The molecule has 0 aromatic heterocycles. The zero-order chi connectivity index (χ0) is 16.7. The number of aliphatic hydroxyl groups excluding tert-OH is 1. The van der Waals surface area contributed by atoms with Gasteiger partial charge in [0.15, 0.2) is 0 Å². The van der Waals surface area contributed by atoms with Crippen molar-refractivity contribution in [1.82, 2.24) is 5.32 Å². The van der Waals surface area contributed by atoms with Gasteiger partial charge < -0.3 is 15.6 Å². The molecule has 6 heteroatoms. The van der Waals surface area contributed by atoms with Crippen LogP contribution in [-0.2, 0) is 17.9 Å². The van der Waals surface area contributed by atoms with Crippen LogP contribution < -0.4 is 15.8 Å². The van der Waals surface area contributed by atoms with E-state index in [1.165, 1.54) is 6.07 Å². The number of carbonyl (C=O) groups is 1. The summed E-state index contributed by atoms with van der Waals surface area (Å²) in [4.78, 5) is 11.0. The summed E-state index contributed by atoms with van der Waals surface area (Å²) in [5.41, 5.74) is 6.48. The maximum atomic E-state index is 13.5. The number of carbonyl (C=O) groups excluding carboxylic acids is 1. The highest BCUT2D eigenvalue weighted by Crippen LogP contribution is 2.16. The first-order valence-corrected chi connectivity index (χ1v) is 7.19. The molecule has 23 heavy (non-hydrogen) atoms. The van der Waals surface area contributed by atoms with Crippen LogP contribution in [0.15, 0.2) is 48.5 Å². The van der Waals surface area contributed by atoms with Gasteiger partial charge in [-0.2, -0.15) is 0 Å². The number of primary amides is 1. The third kappa shape index (κ3) is 5.05. The van der Waals surface area contributed by atoms with E-state index in [2.05, 4.69) is 5.32 Å². The minimum atomic E-state index is -0.794. The molecule has 0 aliphatic rings. The topological polar surface area (TPSA) is 84.6 Å². The average Bonchev–Trinajstić information content (AvgIpc) is 2.55. The SMILES string of the molecule is NC(=O)C(CO)NCc1cccc(OCc2ccccc2F)c1. The molecule has 1 atom stereocenters. The number of halogens is 1. The molecule has 0 saturated carbocycles. The van der Waals surface area contributed by atoms with Crippen LogP contribution in [0.25, 0.3) is 0 Å². The van der Waals surface area contributed by atoms with E-state index in [1.807, 2.05) is 6.07 Å². The first kappa shape index (κ1) is 16.9. The Morgan fingerprint density at radius 1 is 1.26 bits per heavy atom. The molecule has 0 aliphatic heterocycles. The molecule has 2 aromatic rings. The van der Waals surface area contributed by atoms with Gasteiger partial charge in [0, 0.05) is 12.1 Å². The summed E-state index contributed by atoms with van der Waals surface area (Å²) in [5, 5.41) is 11.9. The van der Waals surface area contributed by atoms with Gasteiger partial charge in [-0.1, -0.05) is 30.3 Å². The Hall–Kier alpha value is -2.44. The van der Waals surface area contributed by atoms with Crippen LogP contribution in [-0.4, -0.2) is 23.7 Å². The molecule has 4 N–H and O–H groups in total. The van der Waals surface area contributed by atoms with Gasteiger partial charge in [0.05, 0.1) is 6.61 Å². The first-order chi connectivity index (χ1) is 11.1. The molecule has 5 nitrogen and oxygen atoms in total. The normalized spacial score (nSPS) is 11.9. The number of amides is 1. The van der Waals surface area contributed by atoms with Crippen LogP contribution in [0.3, 0.4) is 0 Å². The fourth-order valence-electron chi connectivity index (χ4n) is 2.02. The molecule has 0 saturated heterocycles. The number of hydrogen-bond donors (Lipinski definition) is 3. The number of nitrogens with one attached hydrogen (secondary N) is 1. The van der Waals surface area contributed by atoms with E-state index in [4.69, 9.17) is 15.6 Å². The summed E-state index contributed by atoms with van der Waals surface area (Å²) >= 11 is 0. The summed E-state index contributed by atoms with van der Waals surface area (Å²) in [5.74, 6) is -0.329. The number of aliphatic hydroxyl groups is 1. The Balaban J connectivity index is 1.94. The van der Waals surface area contributed by atoms with E-state index in [0.717, 1.165) is 5.56 Å². The van der Waals surface area contributed by atoms with Crippen molar-refractivity contribution in [2.24, 2.45) is 5.73 Å². The number of benzene rings is 2. The van der Waals surface area contributed by atoms with E-state index in [1.54, 1.807) is 36.4 Å². The summed E-state index contributed by atoms with van der Waals surface area (Å²) in [6.07, 6.45) is 0. The quantitative estimate of drug-likeness (QED) is 0.686. The van der Waals surface area contributed by atoms with Gasteiger partial charge in [-0.25, -0.2) is 4.39 Å². The molecule has 0 heterocycles. The Morgan fingerprint density at radius 3 is 2.74 bits per heavy atom. The molecule has 0 spiro atoms. The predicted octanol–water partition coefficient (Wildman–Crippen LogP) is 1.34. The van der Waals surface area contributed by atoms with Gasteiger partial charge >= 0.3 is 0 Å². The molecule has 2 rings (SSSR count). The summed E-state index contributed by atoms with van der Waals surface area (Å²) in [6.45, 7) is 0.119. The second-order valence-electron chi connectivity index (χ2n) is 5.05. The number of nitrogens with two attached hydrogens (primary N) is 1. The third-order valence-electron chi connectivity index (χ3n) is 3.33. The van der Waals surface area contributed by atoms with Crippen molar-refractivity contribution in [3.8, 4) is 5.75 Å². The molecule has 122 valence electrons. The van der Waals surface area contributed by atoms with E-state index >= 15 is 0 Å². The van der Waals surface area contributed by atoms with Crippen molar-refractivity contribution in [2.75, 3.05) is 6.61 Å². The van der Waals surface area contributed by atoms with E-state index in [9.17, 15) is 9.18 Å². The summed E-state index contributed by atoms with van der Waals surface area (Å²) < 4.78 is 19.1. The lowest BCUT2D eigenvalue weighted by atomic mass is 10.2. The molecule has 0 radical (unpaired) electrons. The van der Waals surface area contributed by atoms with Gasteiger partial charge in [0.1, 0.15) is 24.2 Å². The maximum Gasteiger partial charge on any atom is 0.236 e. The average molecular weight is 318 g/mol. The first-order valence-electron chi connectivity index (χ1n) is 7.19. The number of hydrogen-bond acceptors (Lipinski definition) is 4. The van der Waals surface area contributed by atoms with Crippen molar-refractivity contribution in [3.05, 3.63) is 65.5 Å². The van der Waals surface area contributed by atoms with E-state index in [0.29, 0.717) is 17.9 Å². The lowest BCUT2D eigenvalue weighted by Crippen LogP contribution is -2.43. The molecular weight excluding hydrogens is 299 g/mol. The standard InChI is InChI=1S/C17H19FN2O3/c18-15-7-2-1-5-13(15)11-23-14-6-3-4-12(8-14)9-20-16(10-21)17(19)22/h1-8,16,20-21H,9-11H2,(H2,19,22). The van der Waals surface area contributed by atoms with Crippen molar-refractivity contribution < 1.29 is 19.0 Å². The third-order valence-corrected chi connectivity index (χ3v) is 3.33. The zero-order valence-electron chi connectivity index (χ0n) is 12.5. The Bertz CT molecular complexity index is 664. The number of rotatable bonds is 8. The molecular formula is C17H19FN2O3. The lowest BCUT2D eigenvalue weighted by molar-refractivity contribution is -0.120. The fraction of sp³-hybridized carbons (Fsp3) is 0.235. The van der Waals surface area contributed by atoms with Crippen LogP contribution in [0.1, 0.15) is 11.1 Å². The molecule has 0 aliphatic carbocycles. The van der Waals surface area contributed by atoms with Crippen molar-refractivity contribution >= 4 is 5.91 Å². The predicted molar refractivity (Wildman–Crippen MR) is 84.1 cm³/mol. The maximum absolute atomic E-state index is 13.5. The highest BCUT2D eigenvalue weighted by atomic mass is 19.1. The highest BCUT2D eigenvalue weighted by Gasteiger charge is 2.12. The zero-order valence-corrected chi connectivity index (χ0v) is 12.5. The van der Waals surface area contributed by atoms with Crippen molar-refractivity contribution in [1.29, 1.82) is 0 Å². The molecule has 1 unspecified atom stereocenters. The van der Waals surface area contributed by atoms with Crippen LogP contribution in [0.4, 0.5) is 4.39 Å². The second-order valence-corrected chi connectivity index (χ2v) is 5.05. The van der Waals surface area contributed by atoms with Gasteiger partial charge in [0.25, 0.3) is 0 Å². The van der Waals surface area contributed by atoms with Crippen LogP contribution >= 0.6 is 0 Å².